The van der Waals surface area contributed by atoms with Crippen molar-refractivity contribution in [3.8, 4) is 0 Å². The first-order valence-electron chi connectivity index (χ1n) is 4.71. The normalized spacial score (nSPS) is 10.3. The quantitative estimate of drug-likeness (QED) is 0.587. The first kappa shape index (κ1) is 12.5. The van der Waals surface area contributed by atoms with Gasteiger partial charge < -0.3 is 4.74 Å². The van der Waals surface area contributed by atoms with E-state index in [0.29, 0.717) is 22.2 Å². The molecule has 0 saturated heterocycles. The van der Waals surface area contributed by atoms with Gasteiger partial charge in [-0.25, -0.2) is 0 Å². The minimum Gasteiger partial charge on any atom is -0.373 e. The Morgan fingerprint density at radius 1 is 1.40 bits per heavy atom. The monoisotopic (exact) mass is 246 g/mol. The third kappa shape index (κ3) is 3.49. The van der Waals surface area contributed by atoms with Crippen molar-refractivity contribution in [2.45, 2.75) is 13.3 Å². The highest BCUT2D eigenvalue weighted by Gasteiger charge is 2.12. The van der Waals surface area contributed by atoms with Crippen molar-refractivity contribution in [1.82, 2.24) is 0 Å². The Labute approximate surface area is 99.1 Å². The van der Waals surface area contributed by atoms with Gasteiger partial charge >= 0.3 is 0 Å². The van der Waals surface area contributed by atoms with Crippen LogP contribution in [0, 0.1) is 0 Å². The predicted octanol–water partition coefficient (Wildman–Crippen LogP) is 3.60. The number of ketones is 1. The zero-order valence-corrected chi connectivity index (χ0v) is 9.94. The number of carbonyl (C=O) groups excluding carboxylic acids is 1. The van der Waals surface area contributed by atoms with Gasteiger partial charge in [0.25, 0.3) is 0 Å². The number of rotatable bonds is 5. The van der Waals surface area contributed by atoms with E-state index in [1.807, 2.05) is 6.92 Å². The molecule has 0 bridgehead atoms. The van der Waals surface area contributed by atoms with Crippen LogP contribution in [0.3, 0.4) is 0 Å². The molecule has 1 rings (SSSR count). The summed E-state index contributed by atoms with van der Waals surface area (Å²) in [5.41, 5.74) is 0.417. The number of hydrogen-bond donors (Lipinski definition) is 0. The lowest BCUT2D eigenvalue weighted by Gasteiger charge is -2.05. The van der Waals surface area contributed by atoms with Crippen LogP contribution in [-0.4, -0.2) is 19.0 Å². The summed E-state index contributed by atoms with van der Waals surface area (Å²) < 4.78 is 5.14. The Hall–Kier alpha value is -0.570. The van der Waals surface area contributed by atoms with Gasteiger partial charge in [0, 0.05) is 12.2 Å². The molecule has 0 heterocycles. The van der Waals surface area contributed by atoms with Gasteiger partial charge in [-0.05, 0) is 18.6 Å². The fraction of sp³-hybridized carbons (Fsp3) is 0.364. The lowest BCUT2D eigenvalue weighted by atomic mass is 10.1. The van der Waals surface area contributed by atoms with Crippen molar-refractivity contribution >= 4 is 29.0 Å². The zero-order valence-electron chi connectivity index (χ0n) is 8.43. The number of Topliss-reactive ketones (excluding diaryl/α,β-unsaturated/α-hetero) is 1. The Bertz CT molecular complexity index is 350. The van der Waals surface area contributed by atoms with Crippen LogP contribution >= 0.6 is 23.2 Å². The van der Waals surface area contributed by atoms with Crippen LogP contribution in [0.4, 0.5) is 0 Å². The number of hydrogen-bond acceptors (Lipinski definition) is 2. The fourth-order valence-electron chi connectivity index (χ4n) is 1.11. The average molecular weight is 247 g/mol. The van der Waals surface area contributed by atoms with Gasteiger partial charge in [-0.2, -0.15) is 0 Å². The molecular weight excluding hydrogens is 235 g/mol. The molecule has 0 radical (unpaired) electrons. The fourth-order valence-corrected chi connectivity index (χ4v) is 1.51. The molecule has 0 aromatic heterocycles. The highest BCUT2D eigenvalue weighted by atomic mass is 35.5. The second-order valence-electron chi connectivity index (χ2n) is 3.08. The molecule has 2 nitrogen and oxygen atoms in total. The molecule has 0 N–H and O–H groups in total. The van der Waals surface area contributed by atoms with Gasteiger partial charge in [0.1, 0.15) is 6.61 Å². The molecule has 0 fully saturated rings. The summed E-state index contributed by atoms with van der Waals surface area (Å²) in [7, 11) is 0. The lowest BCUT2D eigenvalue weighted by Crippen LogP contribution is -2.10. The predicted molar refractivity (Wildman–Crippen MR) is 61.9 cm³/mol. The molecule has 4 heteroatoms. The van der Waals surface area contributed by atoms with E-state index in [-0.39, 0.29) is 12.4 Å². The number of halogens is 2. The van der Waals surface area contributed by atoms with Gasteiger partial charge in [-0.15, -0.1) is 0 Å². The molecule has 1 aromatic rings. The first-order valence-corrected chi connectivity index (χ1v) is 5.47. The zero-order chi connectivity index (χ0) is 11.3. The number of ether oxygens (including phenoxy) is 1. The minimum absolute atomic E-state index is 0.0495. The Morgan fingerprint density at radius 3 is 2.80 bits per heavy atom. The smallest absolute Gasteiger partial charge is 0.190 e. The van der Waals surface area contributed by atoms with E-state index in [1.54, 1.807) is 18.2 Å². The van der Waals surface area contributed by atoms with Gasteiger partial charge in [-0.1, -0.05) is 36.2 Å². The van der Waals surface area contributed by atoms with Crippen molar-refractivity contribution < 1.29 is 9.53 Å². The summed E-state index contributed by atoms with van der Waals surface area (Å²) in [6.07, 6.45) is 0.885. The van der Waals surface area contributed by atoms with Gasteiger partial charge in [-0.3, -0.25) is 4.79 Å². The molecule has 0 aliphatic rings. The summed E-state index contributed by atoms with van der Waals surface area (Å²) in [5.74, 6) is -0.143. The van der Waals surface area contributed by atoms with Gasteiger partial charge in [0.2, 0.25) is 0 Å². The van der Waals surface area contributed by atoms with Crippen molar-refractivity contribution in [3.05, 3.63) is 33.8 Å². The standard InChI is InChI=1S/C11H12Cl2O2/c1-2-6-15-7-10(14)8-4-3-5-9(12)11(8)13/h3-5H,2,6-7H2,1H3. The SMILES string of the molecule is CCCOCC(=O)c1cccc(Cl)c1Cl. The van der Waals surface area contributed by atoms with Crippen LogP contribution in [0.5, 0.6) is 0 Å². The van der Waals surface area contributed by atoms with E-state index in [9.17, 15) is 4.79 Å². The highest BCUT2D eigenvalue weighted by Crippen LogP contribution is 2.25. The maximum absolute atomic E-state index is 11.6. The van der Waals surface area contributed by atoms with Crippen LogP contribution in [0.2, 0.25) is 10.0 Å². The van der Waals surface area contributed by atoms with Crippen LogP contribution in [-0.2, 0) is 4.74 Å². The van der Waals surface area contributed by atoms with E-state index in [4.69, 9.17) is 27.9 Å². The maximum atomic E-state index is 11.6. The van der Waals surface area contributed by atoms with Crippen molar-refractivity contribution in [2.24, 2.45) is 0 Å². The summed E-state index contributed by atoms with van der Waals surface area (Å²) >= 11 is 11.7. The second kappa shape index (κ2) is 6.11. The Balaban J connectivity index is 2.69. The van der Waals surface area contributed by atoms with Crippen LogP contribution in [0.1, 0.15) is 23.7 Å². The molecule has 0 aliphatic carbocycles. The van der Waals surface area contributed by atoms with E-state index >= 15 is 0 Å². The molecule has 0 spiro atoms. The first-order chi connectivity index (χ1) is 7.16. The molecule has 15 heavy (non-hydrogen) atoms. The summed E-state index contributed by atoms with van der Waals surface area (Å²) in [5, 5.41) is 0.683. The third-order valence-corrected chi connectivity index (χ3v) is 2.65. The van der Waals surface area contributed by atoms with E-state index in [2.05, 4.69) is 0 Å². The molecule has 0 saturated carbocycles. The molecule has 0 amide bonds. The molecule has 0 unspecified atom stereocenters. The van der Waals surface area contributed by atoms with E-state index < -0.39 is 0 Å². The van der Waals surface area contributed by atoms with Gasteiger partial charge in [0.05, 0.1) is 10.0 Å². The largest absolute Gasteiger partial charge is 0.373 e. The summed E-state index contributed by atoms with van der Waals surface area (Å²) in [6.45, 7) is 2.61. The van der Waals surface area contributed by atoms with Crippen LogP contribution in [0.25, 0.3) is 0 Å². The molecule has 0 atom stereocenters. The number of carbonyl (C=O) groups is 1. The number of benzene rings is 1. The van der Waals surface area contributed by atoms with Gasteiger partial charge in [0.15, 0.2) is 5.78 Å². The van der Waals surface area contributed by atoms with Crippen LogP contribution in [0.15, 0.2) is 18.2 Å². The minimum atomic E-state index is -0.143. The molecule has 82 valence electrons. The molecule has 1 aromatic carbocycles. The third-order valence-electron chi connectivity index (χ3n) is 1.83. The Kier molecular flexibility index (Phi) is 5.09. The second-order valence-corrected chi connectivity index (χ2v) is 3.86. The topological polar surface area (TPSA) is 26.3 Å². The molecular formula is C11H12Cl2O2. The average Bonchev–Trinajstić information content (AvgIpc) is 2.22. The summed E-state index contributed by atoms with van der Waals surface area (Å²) in [6, 6.07) is 4.99. The maximum Gasteiger partial charge on any atom is 0.190 e. The Morgan fingerprint density at radius 2 is 2.13 bits per heavy atom. The van der Waals surface area contributed by atoms with Crippen molar-refractivity contribution in [1.29, 1.82) is 0 Å². The molecule has 0 aliphatic heterocycles. The summed E-state index contributed by atoms with van der Waals surface area (Å²) in [4.78, 5) is 11.6. The van der Waals surface area contributed by atoms with E-state index in [0.717, 1.165) is 6.42 Å². The van der Waals surface area contributed by atoms with E-state index in [1.165, 1.54) is 0 Å². The van der Waals surface area contributed by atoms with Crippen LogP contribution < -0.4 is 0 Å². The lowest BCUT2D eigenvalue weighted by molar-refractivity contribution is 0.0761. The van der Waals surface area contributed by atoms with Crippen molar-refractivity contribution in [3.63, 3.8) is 0 Å². The van der Waals surface area contributed by atoms with Crippen molar-refractivity contribution in [2.75, 3.05) is 13.2 Å². The highest BCUT2D eigenvalue weighted by molar-refractivity contribution is 6.43.